The van der Waals surface area contributed by atoms with Gasteiger partial charge in [-0.3, -0.25) is 14.7 Å². The van der Waals surface area contributed by atoms with Crippen LogP contribution in [0.3, 0.4) is 0 Å². The van der Waals surface area contributed by atoms with Crippen molar-refractivity contribution in [2.45, 2.75) is 6.92 Å². The Hall–Kier alpha value is -3.20. The molecule has 3 heteroatoms. The Balaban J connectivity index is 1.88. The summed E-state index contributed by atoms with van der Waals surface area (Å²) in [5.41, 5.74) is 1.48. The van der Waals surface area contributed by atoms with E-state index in [4.69, 9.17) is 0 Å². The van der Waals surface area contributed by atoms with E-state index in [2.05, 4.69) is 4.99 Å². The van der Waals surface area contributed by atoms with E-state index in [-0.39, 0.29) is 5.91 Å². The lowest BCUT2D eigenvalue weighted by Gasteiger charge is -2.15. The lowest BCUT2D eigenvalue weighted by molar-refractivity contribution is 0.0885. The third-order valence-corrected chi connectivity index (χ3v) is 4.09. The fraction of sp³-hybridized carbons (Fsp3) is 0.0476. The van der Waals surface area contributed by atoms with Crippen molar-refractivity contribution in [3.8, 4) is 0 Å². The maximum atomic E-state index is 13.1. The molecule has 24 heavy (non-hydrogen) atoms. The lowest BCUT2D eigenvalue weighted by Crippen LogP contribution is -2.28. The van der Waals surface area contributed by atoms with Gasteiger partial charge in [0.25, 0.3) is 5.91 Å². The summed E-state index contributed by atoms with van der Waals surface area (Å²) in [6.45, 7) is 1.90. The molecule has 3 aromatic rings. The minimum absolute atomic E-state index is 0.0574. The molecule has 0 saturated heterocycles. The molecule has 3 nitrogen and oxygen atoms in total. The first-order valence-electron chi connectivity index (χ1n) is 7.87. The van der Waals surface area contributed by atoms with Gasteiger partial charge in [-0.15, -0.1) is 0 Å². The molecular weight excluding hydrogens is 296 g/mol. The molecule has 1 amide bonds. The molecule has 0 spiro atoms. The van der Waals surface area contributed by atoms with E-state index in [9.17, 15) is 4.79 Å². The predicted octanol–water partition coefficient (Wildman–Crippen LogP) is 3.21. The third-order valence-electron chi connectivity index (χ3n) is 4.09. The number of hydrogen-bond acceptors (Lipinski definition) is 2. The Bertz CT molecular complexity index is 1090. The van der Waals surface area contributed by atoms with E-state index < -0.39 is 0 Å². The number of fused-ring (bicyclic) bond motifs is 2. The van der Waals surface area contributed by atoms with Gasteiger partial charge in [0, 0.05) is 23.2 Å². The van der Waals surface area contributed by atoms with E-state index in [0.29, 0.717) is 5.56 Å². The molecule has 0 fully saturated rings. The lowest BCUT2D eigenvalue weighted by atomic mass is 10.0. The predicted molar refractivity (Wildman–Crippen MR) is 95.6 cm³/mol. The van der Waals surface area contributed by atoms with Crippen molar-refractivity contribution < 1.29 is 4.79 Å². The highest BCUT2D eigenvalue weighted by atomic mass is 16.2. The molecular formula is C21H16N2O. The smallest absolute Gasteiger partial charge is 0.262 e. The summed E-state index contributed by atoms with van der Waals surface area (Å²) in [5.74, 6) is -0.0574. The summed E-state index contributed by atoms with van der Waals surface area (Å²) < 4.78 is 0. The highest BCUT2D eigenvalue weighted by Gasteiger charge is 2.16. The van der Waals surface area contributed by atoms with Crippen LogP contribution in [0.25, 0.3) is 17.0 Å². The zero-order chi connectivity index (χ0) is 16.5. The SMILES string of the molecule is CC1=CN(C(=O)c2cccc3ccccc23)C=c2ccccc2=N1. The van der Waals surface area contributed by atoms with E-state index in [1.807, 2.05) is 79.9 Å². The largest absolute Gasteiger partial charge is 0.288 e. The molecule has 0 bridgehead atoms. The summed E-state index contributed by atoms with van der Waals surface area (Å²) in [6, 6.07) is 21.6. The molecule has 1 aliphatic heterocycles. The summed E-state index contributed by atoms with van der Waals surface area (Å²) in [7, 11) is 0. The number of benzene rings is 3. The molecule has 0 atom stereocenters. The van der Waals surface area contributed by atoms with Crippen LogP contribution in [0.1, 0.15) is 17.3 Å². The number of carbonyl (C=O) groups is 1. The molecule has 0 aliphatic carbocycles. The molecule has 3 aromatic carbocycles. The average Bonchev–Trinajstić information content (AvgIpc) is 2.78. The first-order valence-corrected chi connectivity index (χ1v) is 7.87. The van der Waals surface area contributed by atoms with Crippen LogP contribution in [-0.2, 0) is 0 Å². The Kier molecular flexibility index (Phi) is 3.47. The third kappa shape index (κ3) is 2.50. The molecule has 0 aromatic heterocycles. The van der Waals surface area contributed by atoms with E-state index in [1.54, 1.807) is 11.1 Å². The number of allylic oxidation sites excluding steroid dienone is 1. The van der Waals surface area contributed by atoms with Crippen LogP contribution >= 0.6 is 0 Å². The van der Waals surface area contributed by atoms with Gasteiger partial charge in [-0.1, -0.05) is 54.6 Å². The number of nitrogens with zero attached hydrogens (tertiary/aromatic N) is 2. The number of hydrogen-bond donors (Lipinski definition) is 0. The Morgan fingerprint density at radius 1 is 0.875 bits per heavy atom. The van der Waals surface area contributed by atoms with Crippen LogP contribution < -0.4 is 10.6 Å². The van der Waals surface area contributed by atoms with Gasteiger partial charge >= 0.3 is 0 Å². The minimum atomic E-state index is -0.0574. The normalized spacial score (nSPS) is 13.4. The van der Waals surface area contributed by atoms with Crippen molar-refractivity contribution in [2.75, 3.05) is 0 Å². The van der Waals surface area contributed by atoms with Gasteiger partial charge in [0.05, 0.1) is 11.1 Å². The van der Waals surface area contributed by atoms with Crippen molar-refractivity contribution in [3.63, 3.8) is 0 Å². The minimum Gasteiger partial charge on any atom is -0.288 e. The quantitative estimate of drug-likeness (QED) is 0.679. The van der Waals surface area contributed by atoms with Crippen LogP contribution in [0.2, 0.25) is 0 Å². The molecule has 0 N–H and O–H groups in total. The van der Waals surface area contributed by atoms with Crippen molar-refractivity contribution in [2.24, 2.45) is 4.99 Å². The van der Waals surface area contributed by atoms with E-state index >= 15 is 0 Å². The van der Waals surface area contributed by atoms with Gasteiger partial charge in [0.2, 0.25) is 0 Å². The zero-order valence-electron chi connectivity index (χ0n) is 13.3. The Labute approximate surface area is 139 Å². The fourth-order valence-corrected chi connectivity index (χ4v) is 2.97. The summed E-state index contributed by atoms with van der Waals surface area (Å²) in [6.07, 6.45) is 3.63. The molecule has 1 aliphatic rings. The van der Waals surface area contributed by atoms with Crippen molar-refractivity contribution >= 4 is 22.9 Å². The summed E-state index contributed by atoms with van der Waals surface area (Å²) in [5, 5.41) is 3.82. The zero-order valence-corrected chi connectivity index (χ0v) is 13.3. The Morgan fingerprint density at radius 3 is 2.54 bits per heavy atom. The van der Waals surface area contributed by atoms with Crippen molar-refractivity contribution in [1.29, 1.82) is 0 Å². The average molecular weight is 312 g/mol. The van der Waals surface area contributed by atoms with Gasteiger partial charge in [0.1, 0.15) is 0 Å². The summed E-state index contributed by atoms with van der Waals surface area (Å²) in [4.78, 5) is 19.3. The van der Waals surface area contributed by atoms with Crippen LogP contribution in [0, 0.1) is 0 Å². The standard InChI is InChI=1S/C21H16N2O/c1-15-13-23(14-17-8-3-5-12-20(17)22-15)21(24)19-11-6-9-16-7-2-4-10-18(16)19/h2-14H,1H3. The van der Waals surface area contributed by atoms with Crippen LogP contribution in [0.15, 0.2) is 83.6 Å². The summed E-state index contributed by atoms with van der Waals surface area (Å²) >= 11 is 0. The van der Waals surface area contributed by atoms with Crippen LogP contribution in [0.4, 0.5) is 0 Å². The molecule has 1 heterocycles. The molecule has 0 unspecified atom stereocenters. The second-order valence-electron chi connectivity index (χ2n) is 5.81. The molecule has 0 saturated carbocycles. The van der Waals surface area contributed by atoms with Gasteiger partial charge in [0.15, 0.2) is 0 Å². The molecule has 0 radical (unpaired) electrons. The van der Waals surface area contributed by atoms with Crippen molar-refractivity contribution in [3.05, 3.63) is 94.8 Å². The van der Waals surface area contributed by atoms with E-state index in [1.165, 1.54) is 0 Å². The fourth-order valence-electron chi connectivity index (χ4n) is 2.97. The van der Waals surface area contributed by atoms with E-state index in [0.717, 1.165) is 27.0 Å². The monoisotopic (exact) mass is 312 g/mol. The number of amides is 1. The highest BCUT2D eigenvalue weighted by molar-refractivity contribution is 6.08. The highest BCUT2D eigenvalue weighted by Crippen LogP contribution is 2.21. The van der Waals surface area contributed by atoms with Gasteiger partial charge < -0.3 is 0 Å². The second kappa shape index (κ2) is 5.78. The van der Waals surface area contributed by atoms with Gasteiger partial charge in [-0.25, -0.2) is 0 Å². The Morgan fingerprint density at radius 2 is 1.62 bits per heavy atom. The second-order valence-corrected chi connectivity index (χ2v) is 5.81. The maximum absolute atomic E-state index is 13.1. The van der Waals surface area contributed by atoms with Crippen LogP contribution in [-0.4, -0.2) is 10.8 Å². The van der Waals surface area contributed by atoms with Crippen LogP contribution in [0.5, 0.6) is 0 Å². The van der Waals surface area contributed by atoms with Gasteiger partial charge in [-0.2, -0.15) is 0 Å². The van der Waals surface area contributed by atoms with Gasteiger partial charge in [-0.05, 0) is 29.8 Å². The maximum Gasteiger partial charge on any atom is 0.262 e. The topological polar surface area (TPSA) is 32.7 Å². The number of para-hydroxylation sites is 1. The first kappa shape index (κ1) is 14.4. The number of carbonyl (C=O) groups excluding carboxylic acids is 1. The first-order chi connectivity index (χ1) is 11.7. The molecule has 116 valence electrons. The molecule has 4 rings (SSSR count). The number of rotatable bonds is 1. The van der Waals surface area contributed by atoms with Crippen molar-refractivity contribution in [1.82, 2.24) is 4.90 Å².